The van der Waals surface area contributed by atoms with Crippen LogP contribution in [0.4, 0.5) is 0 Å². The Morgan fingerprint density at radius 3 is 2.86 bits per heavy atom. The fourth-order valence-corrected chi connectivity index (χ4v) is 5.42. The maximum Gasteiger partial charge on any atom is 0.228 e. The third-order valence-corrected chi connectivity index (χ3v) is 6.98. The van der Waals surface area contributed by atoms with Crippen LogP contribution in [-0.2, 0) is 17.8 Å². The van der Waals surface area contributed by atoms with Gasteiger partial charge in [-0.2, -0.15) is 0 Å². The minimum Gasteiger partial charge on any atom is -0.392 e. The van der Waals surface area contributed by atoms with Crippen LogP contribution < -0.4 is 5.32 Å². The molecule has 0 radical (unpaired) electrons. The average Bonchev–Trinajstić information content (AvgIpc) is 2.70. The van der Waals surface area contributed by atoms with Gasteiger partial charge in [0.25, 0.3) is 0 Å². The smallest absolute Gasteiger partial charge is 0.228 e. The van der Waals surface area contributed by atoms with Gasteiger partial charge in [-0.25, -0.2) is 0 Å². The van der Waals surface area contributed by atoms with Crippen molar-refractivity contribution in [1.29, 1.82) is 0 Å². The van der Waals surface area contributed by atoms with Crippen LogP contribution in [0.2, 0.25) is 0 Å². The Morgan fingerprint density at radius 1 is 1.25 bits per heavy atom. The van der Waals surface area contributed by atoms with E-state index in [1.54, 1.807) is 0 Å². The first-order valence-electron chi connectivity index (χ1n) is 11.0. The van der Waals surface area contributed by atoms with Gasteiger partial charge in [-0.1, -0.05) is 31.2 Å². The number of piperidine rings is 2. The number of hydrogen-bond acceptors (Lipinski definition) is 4. The standard InChI is InChI=1S/C23H35N3O2/c1-23(10-5-12-26(22(23)28)20-8-4-11-24-15-20)14-21(27)17-25-13-9-18-6-2-3-7-19(18)16-25/h2-3,6-7,20-21,24,27H,4-5,8-17H2,1H3/t20?,21-,23?/m0/s1. The number of aliphatic hydroxyl groups excluding tert-OH is 1. The molecule has 3 heterocycles. The molecule has 4 rings (SSSR count). The molecule has 0 saturated carbocycles. The molecular weight excluding hydrogens is 350 g/mol. The van der Waals surface area contributed by atoms with Crippen molar-refractivity contribution in [3.8, 4) is 0 Å². The van der Waals surface area contributed by atoms with Crippen molar-refractivity contribution in [1.82, 2.24) is 15.1 Å². The van der Waals surface area contributed by atoms with Gasteiger partial charge in [-0.05, 0) is 56.2 Å². The van der Waals surface area contributed by atoms with Gasteiger partial charge in [-0.15, -0.1) is 0 Å². The fraction of sp³-hybridized carbons (Fsp3) is 0.696. The lowest BCUT2D eigenvalue weighted by Crippen LogP contribution is -2.56. The Labute approximate surface area is 169 Å². The summed E-state index contributed by atoms with van der Waals surface area (Å²) >= 11 is 0. The summed E-state index contributed by atoms with van der Waals surface area (Å²) in [5.41, 5.74) is 2.37. The number of likely N-dealkylation sites (tertiary alicyclic amines) is 1. The van der Waals surface area contributed by atoms with Crippen molar-refractivity contribution in [2.45, 2.75) is 64.1 Å². The van der Waals surface area contributed by atoms with Gasteiger partial charge in [0, 0.05) is 44.2 Å². The van der Waals surface area contributed by atoms with Gasteiger partial charge in [0.15, 0.2) is 0 Å². The maximum absolute atomic E-state index is 13.3. The molecule has 2 N–H and O–H groups in total. The van der Waals surface area contributed by atoms with Crippen LogP contribution in [0.1, 0.15) is 50.2 Å². The first-order valence-corrected chi connectivity index (χ1v) is 11.0. The van der Waals surface area contributed by atoms with Crippen LogP contribution in [0.5, 0.6) is 0 Å². The molecule has 2 fully saturated rings. The summed E-state index contributed by atoms with van der Waals surface area (Å²) in [7, 11) is 0. The summed E-state index contributed by atoms with van der Waals surface area (Å²) in [5.74, 6) is 0.260. The van der Waals surface area contributed by atoms with Crippen LogP contribution in [0, 0.1) is 5.41 Å². The van der Waals surface area contributed by atoms with E-state index in [2.05, 4.69) is 46.3 Å². The van der Waals surface area contributed by atoms with E-state index in [0.717, 1.165) is 64.8 Å². The molecular formula is C23H35N3O2. The molecule has 2 unspecified atom stereocenters. The fourth-order valence-electron chi connectivity index (χ4n) is 5.42. The number of amides is 1. The van der Waals surface area contributed by atoms with E-state index >= 15 is 0 Å². The summed E-state index contributed by atoms with van der Waals surface area (Å²) in [6.07, 6.45) is 5.34. The average molecular weight is 386 g/mol. The van der Waals surface area contributed by atoms with Crippen molar-refractivity contribution < 1.29 is 9.90 Å². The molecule has 0 spiro atoms. The molecule has 154 valence electrons. The molecule has 1 aromatic rings. The SMILES string of the molecule is CC1(C[C@H](O)CN2CCc3ccccc3C2)CCCN(C2CCCNC2)C1=O. The highest BCUT2D eigenvalue weighted by molar-refractivity contribution is 5.83. The minimum atomic E-state index is -0.455. The molecule has 2 saturated heterocycles. The van der Waals surface area contributed by atoms with Crippen LogP contribution in [0.25, 0.3) is 0 Å². The molecule has 28 heavy (non-hydrogen) atoms. The second kappa shape index (κ2) is 8.52. The molecule has 3 aliphatic heterocycles. The van der Waals surface area contributed by atoms with Crippen molar-refractivity contribution in [3.63, 3.8) is 0 Å². The molecule has 3 atom stereocenters. The zero-order valence-electron chi connectivity index (χ0n) is 17.2. The molecule has 0 aromatic heterocycles. The number of nitrogens with zero attached hydrogens (tertiary/aromatic N) is 2. The Bertz CT molecular complexity index is 688. The van der Waals surface area contributed by atoms with Crippen molar-refractivity contribution in [3.05, 3.63) is 35.4 Å². The van der Waals surface area contributed by atoms with Gasteiger partial charge in [0.05, 0.1) is 6.10 Å². The molecule has 0 aliphatic carbocycles. The highest BCUT2D eigenvalue weighted by Gasteiger charge is 2.43. The lowest BCUT2D eigenvalue weighted by Gasteiger charge is -2.45. The second-order valence-electron chi connectivity index (χ2n) is 9.27. The van der Waals surface area contributed by atoms with E-state index < -0.39 is 11.5 Å². The number of rotatable bonds is 5. The maximum atomic E-state index is 13.3. The lowest BCUT2D eigenvalue weighted by atomic mass is 9.75. The Balaban J connectivity index is 1.35. The second-order valence-corrected chi connectivity index (χ2v) is 9.27. The van der Waals surface area contributed by atoms with Crippen molar-refractivity contribution >= 4 is 5.91 Å². The van der Waals surface area contributed by atoms with E-state index in [4.69, 9.17) is 0 Å². The molecule has 1 amide bonds. The van der Waals surface area contributed by atoms with Gasteiger partial charge >= 0.3 is 0 Å². The summed E-state index contributed by atoms with van der Waals surface area (Å²) in [6.45, 7) is 7.47. The third kappa shape index (κ3) is 4.27. The lowest BCUT2D eigenvalue weighted by molar-refractivity contribution is -0.151. The molecule has 5 nitrogen and oxygen atoms in total. The summed E-state index contributed by atoms with van der Waals surface area (Å²) in [5, 5.41) is 14.3. The third-order valence-electron chi connectivity index (χ3n) is 6.98. The largest absolute Gasteiger partial charge is 0.392 e. The van der Waals surface area contributed by atoms with Gasteiger partial charge in [0.1, 0.15) is 0 Å². The number of aliphatic hydroxyl groups is 1. The van der Waals surface area contributed by atoms with Crippen LogP contribution in [0.3, 0.4) is 0 Å². The predicted octanol–water partition coefficient (Wildman–Crippen LogP) is 2.18. The van der Waals surface area contributed by atoms with E-state index in [9.17, 15) is 9.90 Å². The molecule has 1 aromatic carbocycles. The number of benzene rings is 1. The quantitative estimate of drug-likeness (QED) is 0.816. The number of carbonyl (C=O) groups is 1. The van der Waals surface area contributed by atoms with E-state index in [-0.39, 0.29) is 5.91 Å². The van der Waals surface area contributed by atoms with Gasteiger partial charge in [0.2, 0.25) is 5.91 Å². The zero-order valence-corrected chi connectivity index (χ0v) is 17.2. The number of nitrogens with one attached hydrogen (secondary N) is 1. The zero-order chi connectivity index (χ0) is 19.6. The summed E-state index contributed by atoms with van der Waals surface area (Å²) in [4.78, 5) is 17.8. The van der Waals surface area contributed by atoms with Crippen LogP contribution in [0.15, 0.2) is 24.3 Å². The number of carbonyl (C=O) groups excluding carboxylic acids is 1. The van der Waals surface area contributed by atoms with E-state index in [0.29, 0.717) is 19.0 Å². The normalized spacial score (nSPS) is 30.1. The molecule has 0 bridgehead atoms. The predicted molar refractivity (Wildman–Crippen MR) is 111 cm³/mol. The van der Waals surface area contributed by atoms with E-state index in [1.807, 2.05) is 0 Å². The number of fused-ring (bicyclic) bond motifs is 1. The van der Waals surface area contributed by atoms with Gasteiger partial charge < -0.3 is 15.3 Å². The van der Waals surface area contributed by atoms with Crippen molar-refractivity contribution in [2.75, 3.05) is 32.7 Å². The Hall–Kier alpha value is -1.43. The molecule has 3 aliphatic rings. The Kier molecular flexibility index (Phi) is 6.04. The van der Waals surface area contributed by atoms with Crippen LogP contribution >= 0.6 is 0 Å². The summed E-state index contributed by atoms with van der Waals surface area (Å²) in [6, 6.07) is 8.92. The molecule has 5 heteroatoms. The first kappa shape index (κ1) is 19.9. The number of hydrogen-bond donors (Lipinski definition) is 2. The number of β-amino-alcohol motifs (C(OH)–C–C–N with tert-alkyl or cyclic N) is 1. The first-order chi connectivity index (χ1) is 13.5. The van der Waals surface area contributed by atoms with E-state index in [1.165, 1.54) is 11.1 Å². The van der Waals surface area contributed by atoms with Gasteiger partial charge in [-0.3, -0.25) is 9.69 Å². The topological polar surface area (TPSA) is 55.8 Å². The van der Waals surface area contributed by atoms with Crippen LogP contribution in [-0.4, -0.2) is 65.7 Å². The van der Waals surface area contributed by atoms with Crippen molar-refractivity contribution in [2.24, 2.45) is 5.41 Å². The summed E-state index contributed by atoms with van der Waals surface area (Å²) < 4.78 is 0. The monoisotopic (exact) mass is 385 g/mol. The Morgan fingerprint density at radius 2 is 2.07 bits per heavy atom. The minimum absolute atomic E-state index is 0.260. The highest BCUT2D eigenvalue weighted by atomic mass is 16.3. The highest BCUT2D eigenvalue weighted by Crippen LogP contribution is 2.37.